The van der Waals surface area contributed by atoms with Crippen LogP contribution in [0.2, 0.25) is 0 Å². The Morgan fingerprint density at radius 2 is 1.78 bits per heavy atom. The van der Waals surface area contributed by atoms with Gasteiger partial charge in [0, 0.05) is 13.1 Å². The highest BCUT2D eigenvalue weighted by Crippen LogP contribution is 2.34. The first-order chi connectivity index (χ1) is 10.8. The molecule has 1 aromatic carbocycles. The average molecular weight is 329 g/mol. The highest BCUT2D eigenvalue weighted by Gasteiger charge is 2.33. The van der Waals surface area contributed by atoms with Gasteiger partial charge in [-0.25, -0.2) is 4.79 Å². The summed E-state index contributed by atoms with van der Waals surface area (Å²) in [6.45, 7) is 2.79. The zero-order valence-electron chi connectivity index (χ0n) is 12.6. The molecule has 0 aromatic heterocycles. The SMILES string of the molecule is C[C@@H](NC(=O)Nc1ccccc1C(F)(F)F)C(=O)N1CCCC1. The summed E-state index contributed by atoms with van der Waals surface area (Å²) in [4.78, 5) is 25.6. The fourth-order valence-corrected chi connectivity index (χ4v) is 2.47. The summed E-state index contributed by atoms with van der Waals surface area (Å²) in [5.41, 5.74) is -1.29. The molecule has 0 unspecified atom stereocenters. The van der Waals surface area contributed by atoms with Gasteiger partial charge in [0.25, 0.3) is 0 Å². The molecule has 5 nitrogen and oxygen atoms in total. The molecule has 0 bridgehead atoms. The Kier molecular flexibility index (Phi) is 5.12. The lowest BCUT2D eigenvalue weighted by atomic mass is 10.1. The van der Waals surface area contributed by atoms with Gasteiger partial charge >= 0.3 is 12.2 Å². The van der Waals surface area contributed by atoms with E-state index in [1.165, 1.54) is 19.1 Å². The maximum atomic E-state index is 12.9. The molecular weight excluding hydrogens is 311 g/mol. The van der Waals surface area contributed by atoms with Gasteiger partial charge in [-0.1, -0.05) is 12.1 Å². The van der Waals surface area contributed by atoms with E-state index in [1.54, 1.807) is 4.90 Å². The largest absolute Gasteiger partial charge is 0.418 e. The Morgan fingerprint density at radius 1 is 1.17 bits per heavy atom. The minimum atomic E-state index is -4.57. The van der Waals surface area contributed by atoms with E-state index in [0.717, 1.165) is 25.0 Å². The van der Waals surface area contributed by atoms with Crippen LogP contribution in [0.25, 0.3) is 0 Å². The third-order valence-corrected chi connectivity index (χ3v) is 3.62. The first kappa shape index (κ1) is 17.1. The first-order valence-electron chi connectivity index (χ1n) is 7.31. The maximum Gasteiger partial charge on any atom is 0.418 e. The monoisotopic (exact) mass is 329 g/mol. The van der Waals surface area contributed by atoms with Gasteiger partial charge in [-0.2, -0.15) is 13.2 Å². The topological polar surface area (TPSA) is 61.4 Å². The molecule has 23 heavy (non-hydrogen) atoms. The van der Waals surface area contributed by atoms with Crippen LogP contribution in [-0.4, -0.2) is 36.0 Å². The number of amides is 3. The van der Waals surface area contributed by atoms with Crippen LogP contribution in [0.15, 0.2) is 24.3 Å². The van der Waals surface area contributed by atoms with Crippen molar-refractivity contribution in [2.24, 2.45) is 0 Å². The Bertz CT molecular complexity index is 584. The summed E-state index contributed by atoms with van der Waals surface area (Å²) in [6.07, 6.45) is -2.73. The Morgan fingerprint density at radius 3 is 2.39 bits per heavy atom. The second-order valence-corrected chi connectivity index (χ2v) is 5.40. The van der Waals surface area contributed by atoms with E-state index in [2.05, 4.69) is 10.6 Å². The number of carbonyl (C=O) groups excluding carboxylic acids is 2. The Balaban J connectivity index is 1.98. The van der Waals surface area contributed by atoms with Crippen LogP contribution in [-0.2, 0) is 11.0 Å². The third-order valence-electron chi connectivity index (χ3n) is 3.62. The van der Waals surface area contributed by atoms with Crippen LogP contribution in [0.3, 0.4) is 0 Å². The van der Waals surface area contributed by atoms with Crippen molar-refractivity contribution in [3.63, 3.8) is 0 Å². The van der Waals surface area contributed by atoms with Gasteiger partial charge < -0.3 is 15.5 Å². The van der Waals surface area contributed by atoms with Crippen LogP contribution in [0.4, 0.5) is 23.7 Å². The summed E-state index contributed by atoms with van der Waals surface area (Å²) < 4.78 is 38.6. The van der Waals surface area contributed by atoms with Gasteiger partial charge in [0.1, 0.15) is 6.04 Å². The number of halogens is 3. The van der Waals surface area contributed by atoms with Crippen LogP contribution >= 0.6 is 0 Å². The zero-order valence-corrected chi connectivity index (χ0v) is 12.6. The average Bonchev–Trinajstić information content (AvgIpc) is 2.99. The quantitative estimate of drug-likeness (QED) is 0.896. The highest BCUT2D eigenvalue weighted by atomic mass is 19.4. The molecule has 1 heterocycles. The fourth-order valence-electron chi connectivity index (χ4n) is 2.47. The van der Waals surface area contributed by atoms with Gasteiger partial charge in [-0.3, -0.25) is 4.79 Å². The van der Waals surface area contributed by atoms with Crippen molar-refractivity contribution < 1.29 is 22.8 Å². The number of urea groups is 1. The normalized spacial score (nSPS) is 16.1. The van der Waals surface area contributed by atoms with Crippen LogP contribution in [0, 0.1) is 0 Å². The van der Waals surface area contributed by atoms with Gasteiger partial charge in [0.15, 0.2) is 0 Å². The van der Waals surface area contributed by atoms with E-state index in [1.807, 2.05) is 0 Å². The number of alkyl halides is 3. The molecule has 1 fully saturated rings. The molecule has 0 saturated carbocycles. The van der Waals surface area contributed by atoms with E-state index in [-0.39, 0.29) is 11.6 Å². The van der Waals surface area contributed by atoms with Crippen molar-refractivity contribution in [3.05, 3.63) is 29.8 Å². The van der Waals surface area contributed by atoms with Gasteiger partial charge in [-0.15, -0.1) is 0 Å². The number of anilines is 1. The molecule has 1 aliphatic heterocycles. The molecular formula is C15H18F3N3O2. The Hall–Kier alpha value is -2.25. The maximum absolute atomic E-state index is 12.9. The molecule has 126 valence electrons. The molecule has 2 rings (SSSR count). The number of carbonyl (C=O) groups is 2. The molecule has 1 aliphatic rings. The second-order valence-electron chi connectivity index (χ2n) is 5.40. The van der Waals surface area contributed by atoms with Crippen molar-refractivity contribution in [3.8, 4) is 0 Å². The summed E-state index contributed by atoms with van der Waals surface area (Å²) in [7, 11) is 0. The van der Waals surface area contributed by atoms with Gasteiger partial charge in [-0.05, 0) is 31.9 Å². The van der Waals surface area contributed by atoms with Crippen molar-refractivity contribution in [2.45, 2.75) is 32.0 Å². The number of likely N-dealkylation sites (tertiary alicyclic amines) is 1. The number of nitrogens with zero attached hydrogens (tertiary/aromatic N) is 1. The number of para-hydroxylation sites is 1. The first-order valence-corrected chi connectivity index (χ1v) is 7.31. The number of hydrogen-bond donors (Lipinski definition) is 2. The van der Waals surface area contributed by atoms with Crippen molar-refractivity contribution in [1.29, 1.82) is 0 Å². The smallest absolute Gasteiger partial charge is 0.341 e. The third kappa shape index (κ3) is 4.37. The fraction of sp³-hybridized carbons (Fsp3) is 0.467. The molecule has 1 saturated heterocycles. The summed E-state index contributed by atoms with van der Waals surface area (Å²) in [5, 5.41) is 4.53. The minimum absolute atomic E-state index is 0.234. The van der Waals surface area contributed by atoms with Crippen LogP contribution < -0.4 is 10.6 Å². The summed E-state index contributed by atoms with van der Waals surface area (Å²) in [5.74, 6) is -0.234. The lowest BCUT2D eigenvalue weighted by Crippen LogP contribution is -2.47. The molecule has 8 heteroatoms. The molecule has 1 atom stereocenters. The predicted octanol–water partition coefficient (Wildman–Crippen LogP) is 2.84. The van der Waals surface area contributed by atoms with E-state index in [0.29, 0.717) is 13.1 Å². The lowest BCUT2D eigenvalue weighted by molar-refractivity contribution is -0.137. The van der Waals surface area contributed by atoms with Crippen LogP contribution in [0.1, 0.15) is 25.3 Å². The summed E-state index contributed by atoms with van der Waals surface area (Å²) in [6, 6.07) is 3.03. The highest BCUT2D eigenvalue weighted by molar-refractivity contribution is 5.94. The number of nitrogens with one attached hydrogen (secondary N) is 2. The van der Waals surface area contributed by atoms with Crippen molar-refractivity contribution >= 4 is 17.6 Å². The molecule has 0 spiro atoms. The van der Waals surface area contributed by atoms with Gasteiger partial charge in [0.2, 0.25) is 5.91 Å². The van der Waals surface area contributed by atoms with E-state index >= 15 is 0 Å². The standard InChI is InChI=1S/C15H18F3N3O2/c1-10(13(22)21-8-4-5-9-21)19-14(23)20-12-7-3-2-6-11(12)15(16,17)18/h2-3,6-7,10H,4-5,8-9H2,1H3,(H2,19,20,23)/t10-/m1/s1. The Labute approximate surface area is 131 Å². The van der Waals surface area contributed by atoms with E-state index in [9.17, 15) is 22.8 Å². The van der Waals surface area contributed by atoms with Crippen molar-refractivity contribution in [2.75, 3.05) is 18.4 Å². The molecule has 3 amide bonds. The molecule has 0 radical (unpaired) electrons. The lowest BCUT2D eigenvalue weighted by Gasteiger charge is -2.21. The second kappa shape index (κ2) is 6.89. The van der Waals surface area contributed by atoms with E-state index in [4.69, 9.17) is 0 Å². The van der Waals surface area contributed by atoms with Gasteiger partial charge in [0.05, 0.1) is 11.3 Å². The zero-order chi connectivity index (χ0) is 17.0. The number of hydrogen-bond acceptors (Lipinski definition) is 2. The van der Waals surface area contributed by atoms with E-state index < -0.39 is 23.8 Å². The van der Waals surface area contributed by atoms with Crippen LogP contribution in [0.5, 0.6) is 0 Å². The summed E-state index contributed by atoms with van der Waals surface area (Å²) >= 11 is 0. The predicted molar refractivity (Wildman–Crippen MR) is 78.9 cm³/mol. The molecule has 0 aliphatic carbocycles. The number of rotatable bonds is 3. The molecule has 2 N–H and O–H groups in total. The minimum Gasteiger partial charge on any atom is -0.341 e. The number of benzene rings is 1. The van der Waals surface area contributed by atoms with Crippen molar-refractivity contribution in [1.82, 2.24) is 10.2 Å². The molecule has 1 aromatic rings.